The zero-order chi connectivity index (χ0) is 19.3. The predicted molar refractivity (Wildman–Crippen MR) is 113 cm³/mol. The Hall–Kier alpha value is -2.27. The molecular weight excluding hydrogens is 416 g/mol. The summed E-state index contributed by atoms with van der Waals surface area (Å²) < 4.78 is 0.986. The van der Waals surface area contributed by atoms with Gasteiger partial charge in [-0.3, -0.25) is 4.79 Å². The minimum absolute atomic E-state index is 0.0180. The van der Waals surface area contributed by atoms with E-state index in [-0.39, 0.29) is 23.6 Å². The fourth-order valence-electron chi connectivity index (χ4n) is 5.05. The molecule has 2 saturated heterocycles. The maximum absolute atomic E-state index is 13.5. The van der Waals surface area contributed by atoms with Crippen molar-refractivity contribution in [2.75, 3.05) is 0 Å². The first-order valence-electron chi connectivity index (χ1n) is 9.98. The van der Waals surface area contributed by atoms with Gasteiger partial charge in [0.25, 0.3) is 0 Å². The van der Waals surface area contributed by atoms with Gasteiger partial charge in [0.15, 0.2) is 0 Å². The van der Waals surface area contributed by atoms with Crippen molar-refractivity contribution < 1.29 is 9.90 Å². The van der Waals surface area contributed by atoms with Crippen molar-refractivity contribution in [1.29, 1.82) is 0 Å². The van der Waals surface area contributed by atoms with Crippen molar-refractivity contribution in [2.24, 2.45) is 5.92 Å². The minimum Gasteiger partial charge on any atom is -0.508 e. The first kappa shape index (κ1) is 17.8. The summed E-state index contributed by atoms with van der Waals surface area (Å²) in [5.41, 5.74) is 3.43. The number of hydrogen-bond donors (Lipinski definition) is 2. The van der Waals surface area contributed by atoms with Gasteiger partial charge in [-0.1, -0.05) is 30.3 Å². The van der Waals surface area contributed by atoms with E-state index in [4.69, 9.17) is 0 Å². The van der Waals surface area contributed by atoms with E-state index in [2.05, 4.69) is 37.9 Å². The van der Waals surface area contributed by atoms with Crippen molar-refractivity contribution in [1.82, 2.24) is 9.88 Å². The van der Waals surface area contributed by atoms with E-state index >= 15 is 0 Å². The third-order valence-electron chi connectivity index (χ3n) is 6.44. The molecule has 2 N–H and O–H groups in total. The van der Waals surface area contributed by atoms with Crippen LogP contribution in [0.1, 0.15) is 42.9 Å². The number of para-hydroxylation sites is 1. The number of carbonyl (C=O) groups excluding carboxylic acids is 1. The van der Waals surface area contributed by atoms with Crippen molar-refractivity contribution in [2.45, 2.75) is 44.2 Å². The van der Waals surface area contributed by atoms with Gasteiger partial charge in [-0.15, -0.1) is 0 Å². The average molecular weight is 439 g/mol. The summed E-state index contributed by atoms with van der Waals surface area (Å²) in [6.07, 6.45) is 4.86. The lowest BCUT2D eigenvalue weighted by Crippen LogP contribution is -2.46. The molecule has 3 atom stereocenters. The van der Waals surface area contributed by atoms with Crippen LogP contribution in [-0.2, 0) is 11.2 Å². The van der Waals surface area contributed by atoms with Crippen LogP contribution >= 0.6 is 15.9 Å². The lowest BCUT2D eigenvalue weighted by atomic mass is 9.87. The second-order valence-corrected chi connectivity index (χ2v) is 8.82. The average Bonchev–Trinajstić information content (AvgIpc) is 3.26. The molecule has 4 nitrogen and oxygen atoms in total. The molecule has 28 heavy (non-hydrogen) atoms. The molecule has 1 aromatic heterocycles. The lowest BCUT2D eigenvalue weighted by Gasteiger charge is -2.38. The van der Waals surface area contributed by atoms with Crippen molar-refractivity contribution in [3.63, 3.8) is 0 Å². The molecule has 1 amide bonds. The number of nitrogens with zero attached hydrogens (tertiary/aromatic N) is 1. The Bertz CT molecular complexity index is 1030. The molecule has 0 saturated carbocycles. The number of aromatic amines is 1. The van der Waals surface area contributed by atoms with Gasteiger partial charge in [-0.25, -0.2) is 0 Å². The number of aromatic nitrogens is 1. The fourth-order valence-corrected chi connectivity index (χ4v) is 5.64. The molecule has 2 aliphatic rings. The maximum atomic E-state index is 13.5. The molecule has 5 rings (SSSR count). The molecule has 0 spiro atoms. The van der Waals surface area contributed by atoms with Crippen molar-refractivity contribution in [3.8, 4) is 5.75 Å². The molecule has 2 fully saturated rings. The van der Waals surface area contributed by atoms with Crippen molar-refractivity contribution >= 4 is 32.7 Å². The molecule has 2 aliphatic heterocycles. The van der Waals surface area contributed by atoms with E-state index in [0.29, 0.717) is 6.04 Å². The monoisotopic (exact) mass is 438 g/mol. The lowest BCUT2D eigenvalue weighted by molar-refractivity contribution is -0.142. The quantitative estimate of drug-likeness (QED) is 0.581. The number of fused-ring (bicyclic) bond motifs is 2. The fraction of sp³-hybridized carbons (Fsp3) is 0.348. The van der Waals surface area contributed by atoms with Crippen LogP contribution in [0.25, 0.3) is 10.9 Å². The highest BCUT2D eigenvalue weighted by Crippen LogP contribution is 2.44. The highest BCUT2D eigenvalue weighted by Gasteiger charge is 2.43. The summed E-state index contributed by atoms with van der Waals surface area (Å²) in [7, 11) is 0. The number of rotatable bonds is 3. The zero-order valence-corrected chi connectivity index (χ0v) is 17.2. The molecule has 0 bridgehead atoms. The third kappa shape index (κ3) is 2.93. The van der Waals surface area contributed by atoms with E-state index in [1.807, 2.05) is 24.3 Å². The number of amides is 1. The first-order chi connectivity index (χ1) is 13.6. The SMILES string of the molecule is O=C1[C@@H](Cc2c(Br)[nH]c3ccccc23)CC[C@H]2CC[C@H](c3ccc(O)cc3)N12. The predicted octanol–water partition coefficient (Wildman–Crippen LogP) is 5.32. The van der Waals surface area contributed by atoms with Crippen LogP contribution in [-0.4, -0.2) is 26.9 Å². The number of piperidine rings is 1. The molecule has 3 aromatic rings. The summed E-state index contributed by atoms with van der Waals surface area (Å²) in [5.74, 6) is 0.568. The van der Waals surface area contributed by atoms with Crippen LogP contribution in [0.5, 0.6) is 5.75 Å². The second-order valence-electron chi connectivity index (χ2n) is 8.03. The summed E-state index contributed by atoms with van der Waals surface area (Å²) >= 11 is 3.66. The number of halogens is 1. The van der Waals surface area contributed by atoms with Crippen LogP contribution in [0.15, 0.2) is 53.1 Å². The van der Waals surface area contributed by atoms with E-state index in [9.17, 15) is 9.90 Å². The van der Waals surface area contributed by atoms with E-state index in [1.165, 1.54) is 10.9 Å². The molecular formula is C23H23BrN2O2. The van der Waals surface area contributed by atoms with E-state index in [1.54, 1.807) is 12.1 Å². The van der Waals surface area contributed by atoms with Crippen molar-refractivity contribution in [3.05, 3.63) is 64.3 Å². The summed E-state index contributed by atoms with van der Waals surface area (Å²) in [4.78, 5) is 19.0. The maximum Gasteiger partial charge on any atom is 0.226 e. The zero-order valence-electron chi connectivity index (χ0n) is 15.6. The Morgan fingerprint density at radius 1 is 1.04 bits per heavy atom. The number of carbonyl (C=O) groups is 1. The van der Waals surface area contributed by atoms with Gasteiger partial charge in [0.2, 0.25) is 5.91 Å². The Kier molecular flexibility index (Phi) is 4.43. The Labute approximate surface area is 172 Å². The molecule has 2 aromatic carbocycles. The van der Waals surface area contributed by atoms with Gasteiger partial charge < -0.3 is 15.0 Å². The van der Waals surface area contributed by atoms with Crippen LogP contribution in [0.3, 0.4) is 0 Å². The molecule has 0 unspecified atom stereocenters. The van der Waals surface area contributed by atoms with Gasteiger partial charge in [-0.2, -0.15) is 0 Å². The number of aromatic hydroxyl groups is 1. The van der Waals surface area contributed by atoms with Gasteiger partial charge in [0, 0.05) is 22.9 Å². The normalized spacial score (nSPS) is 24.7. The van der Waals surface area contributed by atoms with Crippen LogP contribution in [0.2, 0.25) is 0 Å². The standard InChI is InChI=1S/C23H23BrN2O2/c24-22-19(18-3-1-2-4-20(18)25-22)13-15-5-8-16-9-12-21(26(16)23(15)28)14-6-10-17(27)11-7-14/h1-4,6-7,10-11,15-16,21,25,27H,5,8-9,12-13H2/t15-,16+,21-/m1/s1. The Balaban J connectivity index is 1.42. The summed E-state index contributed by atoms with van der Waals surface area (Å²) in [6, 6.07) is 16.1. The van der Waals surface area contributed by atoms with Gasteiger partial charge in [0.1, 0.15) is 5.75 Å². The number of nitrogens with one attached hydrogen (secondary N) is 1. The Morgan fingerprint density at radius 3 is 2.61 bits per heavy atom. The first-order valence-corrected chi connectivity index (χ1v) is 10.8. The molecule has 0 aliphatic carbocycles. The highest BCUT2D eigenvalue weighted by atomic mass is 79.9. The number of phenolic OH excluding ortho intramolecular Hbond substituents is 1. The summed E-state index contributed by atoms with van der Waals surface area (Å²) in [5, 5.41) is 10.8. The summed E-state index contributed by atoms with van der Waals surface area (Å²) in [6.45, 7) is 0. The number of benzene rings is 2. The molecule has 0 radical (unpaired) electrons. The van der Waals surface area contributed by atoms with Gasteiger partial charge in [-0.05, 0) is 77.4 Å². The largest absolute Gasteiger partial charge is 0.508 e. The third-order valence-corrected chi connectivity index (χ3v) is 7.12. The molecule has 3 heterocycles. The van der Waals surface area contributed by atoms with Gasteiger partial charge in [0.05, 0.1) is 10.6 Å². The van der Waals surface area contributed by atoms with E-state index < -0.39 is 0 Å². The van der Waals surface area contributed by atoms with Crippen LogP contribution < -0.4 is 0 Å². The topological polar surface area (TPSA) is 56.3 Å². The molecule has 5 heteroatoms. The minimum atomic E-state index is 0.0180. The number of H-pyrrole nitrogens is 1. The van der Waals surface area contributed by atoms with Crippen LogP contribution in [0.4, 0.5) is 0 Å². The van der Waals surface area contributed by atoms with E-state index in [0.717, 1.165) is 47.8 Å². The number of hydrogen-bond acceptors (Lipinski definition) is 2. The highest BCUT2D eigenvalue weighted by molar-refractivity contribution is 9.10. The second kappa shape index (κ2) is 6.96. The number of phenols is 1. The van der Waals surface area contributed by atoms with Crippen LogP contribution in [0, 0.1) is 5.92 Å². The smallest absolute Gasteiger partial charge is 0.226 e. The molecule has 144 valence electrons. The van der Waals surface area contributed by atoms with Gasteiger partial charge >= 0.3 is 0 Å². The Morgan fingerprint density at radius 2 is 1.79 bits per heavy atom.